The highest BCUT2D eigenvalue weighted by molar-refractivity contribution is 5.96. The van der Waals surface area contributed by atoms with Gasteiger partial charge in [-0.1, -0.05) is 0 Å². The number of carboxylic acids is 1. The molecule has 1 saturated carbocycles. The average Bonchev–Trinajstić information content (AvgIpc) is 3.18. The van der Waals surface area contributed by atoms with Crippen LogP contribution in [0.25, 0.3) is 6.08 Å². The van der Waals surface area contributed by atoms with Crippen molar-refractivity contribution in [3.8, 4) is 0 Å². The highest BCUT2D eigenvalue weighted by atomic mass is 19.4. The molecule has 1 amide bonds. The molecule has 0 aromatic carbocycles. The van der Waals surface area contributed by atoms with Crippen LogP contribution in [0.15, 0.2) is 18.3 Å². The molecule has 0 atom stereocenters. The molecule has 1 aliphatic carbocycles. The second kappa shape index (κ2) is 5.55. The molecule has 1 aromatic heterocycles. The Bertz CT molecular complexity index is 607. The van der Waals surface area contributed by atoms with Gasteiger partial charge in [0.1, 0.15) is 0 Å². The van der Waals surface area contributed by atoms with Gasteiger partial charge in [0.25, 0.3) is 5.91 Å². The number of carboxylic acid groups (broad SMARTS) is 1. The Morgan fingerprint density at radius 3 is 2.57 bits per heavy atom. The predicted octanol–water partition coefficient (Wildman–Crippen LogP) is 2.09. The van der Waals surface area contributed by atoms with Crippen LogP contribution in [-0.2, 0) is 11.0 Å². The largest absolute Gasteiger partial charge is 0.478 e. The summed E-state index contributed by atoms with van der Waals surface area (Å²) in [5.41, 5.74) is -1.89. The minimum atomic E-state index is -4.73. The van der Waals surface area contributed by atoms with Crippen LogP contribution in [0, 0.1) is 0 Å². The van der Waals surface area contributed by atoms with Gasteiger partial charge in [0.15, 0.2) is 0 Å². The second-order valence-corrected chi connectivity index (χ2v) is 4.57. The summed E-state index contributed by atoms with van der Waals surface area (Å²) < 4.78 is 39.0. The van der Waals surface area contributed by atoms with E-state index in [1.165, 1.54) is 0 Å². The number of aliphatic carboxylic acids is 1. The van der Waals surface area contributed by atoms with Crippen molar-refractivity contribution >= 4 is 18.0 Å². The quantitative estimate of drug-likeness (QED) is 0.835. The first-order chi connectivity index (χ1) is 9.77. The maximum atomic E-state index is 13.0. The lowest BCUT2D eigenvalue weighted by Gasteiger charge is -2.13. The molecule has 5 nitrogen and oxygen atoms in total. The molecule has 21 heavy (non-hydrogen) atoms. The van der Waals surface area contributed by atoms with Gasteiger partial charge in [0.2, 0.25) is 0 Å². The second-order valence-electron chi connectivity index (χ2n) is 4.57. The van der Waals surface area contributed by atoms with E-state index < -0.39 is 29.2 Å². The van der Waals surface area contributed by atoms with Gasteiger partial charge >= 0.3 is 12.1 Å². The first kappa shape index (κ1) is 15.0. The number of carbonyl (C=O) groups excluding carboxylic acids is 1. The molecule has 0 aliphatic heterocycles. The van der Waals surface area contributed by atoms with Crippen molar-refractivity contribution in [3.05, 3.63) is 35.2 Å². The summed E-state index contributed by atoms with van der Waals surface area (Å²) in [6, 6.07) is 0.575. The molecular formula is C13H11F3N2O3. The number of nitrogens with one attached hydrogen (secondary N) is 1. The van der Waals surface area contributed by atoms with Crippen LogP contribution in [0.5, 0.6) is 0 Å². The number of carbonyl (C=O) groups is 2. The van der Waals surface area contributed by atoms with E-state index in [2.05, 4.69) is 10.3 Å². The molecule has 0 unspecified atom stereocenters. The van der Waals surface area contributed by atoms with Gasteiger partial charge in [-0.25, -0.2) is 4.79 Å². The zero-order valence-electron chi connectivity index (χ0n) is 10.6. The fourth-order valence-electron chi connectivity index (χ4n) is 1.63. The normalized spacial score (nSPS) is 15.2. The zero-order valence-corrected chi connectivity index (χ0v) is 10.6. The molecule has 0 bridgehead atoms. The van der Waals surface area contributed by atoms with Crippen LogP contribution in [0.3, 0.4) is 0 Å². The van der Waals surface area contributed by atoms with Crippen molar-refractivity contribution in [2.24, 2.45) is 0 Å². The fourth-order valence-corrected chi connectivity index (χ4v) is 1.63. The Labute approximate surface area is 117 Å². The molecule has 112 valence electrons. The van der Waals surface area contributed by atoms with Gasteiger partial charge in [-0.05, 0) is 25.0 Å². The van der Waals surface area contributed by atoms with E-state index in [1.807, 2.05) is 0 Å². The van der Waals surface area contributed by atoms with E-state index >= 15 is 0 Å². The number of aromatic nitrogens is 1. The maximum Gasteiger partial charge on any atom is 0.417 e. The minimum absolute atomic E-state index is 0.0785. The Morgan fingerprint density at radius 1 is 1.38 bits per heavy atom. The van der Waals surface area contributed by atoms with Gasteiger partial charge in [0.05, 0.1) is 16.8 Å². The number of halogens is 3. The Morgan fingerprint density at radius 2 is 2.05 bits per heavy atom. The average molecular weight is 300 g/mol. The molecule has 1 aliphatic rings. The molecule has 2 N–H and O–H groups in total. The van der Waals surface area contributed by atoms with Gasteiger partial charge in [0, 0.05) is 18.3 Å². The summed E-state index contributed by atoms with van der Waals surface area (Å²) in [5.74, 6) is -2.13. The standard InChI is InChI=1S/C13H11F3N2O3/c14-13(15,16)10-5-8(3-4-11(19)20)17-6-9(10)12(21)18-7-1-2-7/h3-7H,1-2H2,(H,18,21)(H,19,20). The van der Waals surface area contributed by atoms with E-state index in [9.17, 15) is 22.8 Å². The zero-order chi connectivity index (χ0) is 15.6. The summed E-state index contributed by atoms with van der Waals surface area (Å²) in [6.45, 7) is 0. The number of alkyl halides is 3. The topological polar surface area (TPSA) is 79.3 Å². The summed E-state index contributed by atoms with van der Waals surface area (Å²) >= 11 is 0. The molecule has 1 aromatic rings. The Hall–Kier alpha value is -2.38. The third-order valence-electron chi connectivity index (χ3n) is 2.78. The van der Waals surface area contributed by atoms with Crippen molar-refractivity contribution < 1.29 is 27.9 Å². The monoisotopic (exact) mass is 300 g/mol. The van der Waals surface area contributed by atoms with Crippen molar-refractivity contribution in [2.75, 3.05) is 0 Å². The van der Waals surface area contributed by atoms with E-state index in [-0.39, 0.29) is 11.7 Å². The molecule has 2 rings (SSSR count). The smallest absolute Gasteiger partial charge is 0.417 e. The molecule has 1 fully saturated rings. The van der Waals surface area contributed by atoms with Crippen molar-refractivity contribution in [2.45, 2.75) is 25.1 Å². The highest BCUT2D eigenvalue weighted by Gasteiger charge is 2.36. The van der Waals surface area contributed by atoms with Crippen molar-refractivity contribution in [3.63, 3.8) is 0 Å². The lowest BCUT2D eigenvalue weighted by molar-refractivity contribution is -0.138. The van der Waals surface area contributed by atoms with Gasteiger partial charge in [-0.15, -0.1) is 0 Å². The maximum absolute atomic E-state index is 13.0. The summed E-state index contributed by atoms with van der Waals surface area (Å²) in [7, 11) is 0. The van der Waals surface area contributed by atoms with Crippen molar-refractivity contribution in [1.29, 1.82) is 0 Å². The van der Waals surface area contributed by atoms with Crippen LogP contribution < -0.4 is 5.32 Å². The highest BCUT2D eigenvalue weighted by Crippen LogP contribution is 2.32. The Kier molecular flexibility index (Phi) is 3.97. The summed E-state index contributed by atoms with van der Waals surface area (Å²) in [4.78, 5) is 25.8. The molecule has 8 heteroatoms. The molecule has 0 spiro atoms. The lowest BCUT2D eigenvalue weighted by atomic mass is 10.1. The lowest BCUT2D eigenvalue weighted by Crippen LogP contribution is -2.28. The number of rotatable bonds is 4. The number of pyridine rings is 1. The SMILES string of the molecule is O=C(O)C=Cc1cc(C(F)(F)F)c(C(=O)NC2CC2)cn1. The number of hydrogen-bond acceptors (Lipinski definition) is 3. The minimum Gasteiger partial charge on any atom is -0.478 e. The van der Waals surface area contributed by atoms with E-state index in [0.717, 1.165) is 25.1 Å². The number of nitrogens with zero attached hydrogens (tertiary/aromatic N) is 1. The van der Waals surface area contributed by atoms with E-state index in [4.69, 9.17) is 5.11 Å². The van der Waals surface area contributed by atoms with Crippen LogP contribution in [-0.4, -0.2) is 28.0 Å². The number of hydrogen-bond donors (Lipinski definition) is 2. The van der Waals surface area contributed by atoms with Crippen LogP contribution in [0.4, 0.5) is 13.2 Å². The summed E-state index contributed by atoms with van der Waals surface area (Å²) in [5, 5.41) is 10.9. The van der Waals surface area contributed by atoms with Crippen LogP contribution in [0.1, 0.15) is 34.5 Å². The van der Waals surface area contributed by atoms with E-state index in [0.29, 0.717) is 12.1 Å². The molecule has 1 heterocycles. The number of amides is 1. The van der Waals surface area contributed by atoms with Crippen LogP contribution in [0.2, 0.25) is 0 Å². The van der Waals surface area contributed by atoms with Crippen molar-refractivity contribution in [1.82, 2.24) is 10.3 Å². The molecule has 0 saturated heterocycles. The van der Waals surface area contributed by atoms with Gasteiger partial charge in [-0.3, -0.25) is 9.78 Å². The molecular weight excluding hydrogens is 289 g/mol. The molecule has 0 radical (unpaired) electrons. The third kappa shape index (κ3) is 4.04. The Balaban J connectivity index is 2.35. The first-order valence-electron chi connectivity index (χ1n) is 6.06. The third-order valence-corrected chi connectivity index (χ3v) is 2.78. The first-order valence-corrected chi connectivity index (χ1v) is 6.06. The van der Waals surface area contributed by atoms with Crippen LogP contribution >= 0.6 is 0 Å². The predicted molar refractivity (Wildman–Crippen MR) is 66.4 cm³/mol. The van der Waals surface area contributed by atoms with E-state index in [1.54, 1.807) is 0 Å². The fraction of sp³-hybridized carbons (Fsp3) is 0.308. The van der Waals surface area contributed by atoms with Gasteiger partial charge in [-0.2, -0.15) is 13.2 Å². The summed E-state index contributed by atoms with van der Waals surface area (Å²) in [6.07, 6.45) is -0.820. The van der Waals surface area contributed by atoms with Gasteiger partial charge < -0.3 is 10.4 Å².